The number of ether oxygens (including phenoxy) is 1. The molecular weight excluding hydrogens is 319 g/mol. The summed E-state index contributed by atoms with van der Waals surface area (Å²) in [5, 5.41) is 0. The van der Waals surface area contributed by atoms with E-state index in [1.165, 1.54) is 16.3 Å². The Labute approximate surface area is 107 Å². The van der Waals surface area contributed by atoms with Crippen molar-refractivity contribution in [3.05, 3.63) is 32.9 Å². The van der Waals surface area contributed by atoms with Gasteiger partial charge in [-0.15, -0.1) is 0 Å². The number of carbonyl (C=O) groups excluding carboxylic acids is 1. The maximum Gasteiger partial charge on any atom is 0.339 e. The molecule has 0 spiro atoms. The monoisotopic (exact) mass is 334 g/mol. The van der Waals surface area contributed by atoms with E-state index in [1.54, 1.807) is 0 Å². The second kappa shape index (κ2) is 6.27. The van der Waals surface area contributed by atoms with Gasteiger partial charge in [0, 0.05) is 13.8 Å². The Balaban J connectivity index is 2.73. The first kappa shape index (κ1) is 12.7. The molecule has 1 aromatic carbocycles. The van der Waals surface area contributed by atoms with Crippen molar-refractivity contribution in [2.75, 3.05) is 6.61 Å². The van der Waals surface area contributed by atoms with Crippen molar-refractivity contribution in [1.82, 2.24) is 0 Å². The van der Waals surface area contributed by atoms with Crippen LogP contribution in [0.25, 0.3) is 0 Å². The molecule has 0 fully saturated rings. The molecule has 0 atom stereocenters. The predicted molar refractivity (Wildman–Crippen MR) is 73.5 cm³/mol. The zero-order valence-corrected chi connectivity index (χ0v) is 13.2. The Kier molecular flexibility index (Phi) is 5.31. The van der Waals surface area contributed by atoms with Crippen molar-refractivity contribution in [1.29, 1.82) is 0 Å². The van der Waals surface area contributed by atoms with Gasteiger partial charge in [-0.1, -0.05) is 18.2 Å². The van der Waals surface area contributed by atoms with Gasteiger partial charge in [0.15, 0.2) is 0 Å². The minimum absolute atomic E-state index is 0.187. The van der Waals surface area contributed by atoms with Crippen LogP contribution < -0.4 is 0 Å². The van der Waals surface area contributed by atoms with Crippen molar-refractivity contribution in [2.24, 2.45) is 0 Å². The quantitative estimate of drug-likeness (QED) is 0.364. The number of esters is 1. The molecule has 0 amide bonds. The number of rotatable bonds is 4. The van der Waals surface area contributed by atoms with Crippen LogP contribution >= 0.6 is 22.6 Å². The number of carbonyl (C=O) groups is 1. The van der Waals surface area contributed by atoms with Crippen LogP contribution in [0.15, 0.2) is 18.2 Å². The fraction of sp³-hybridized carbons (Fsp3) is 0.364. The average Bonchev–Trinajstić information content (AvgIpc) is 2.18. The Morgan fingerprint density at radius 1 is 1.53 bits per heavy atom. The molecule has 2 nitrogen and oxygen atoms in total. The number of benzene rings is 1. The van der Waals surface area contributed by atoms with Crippen LogP contribution in [0.1, 0.15) is 22.3 Å². The number of halogens is 1. The van der Waals surface area contributed by atoms with Gasteiger partial charge < -0.3 is 4.74 Å². The summed E-state index contributed by atoms with van der Waals surface area (Å²) in [7, 11) is 1.17. The molecule has 0 aliphatic carbocycles. The minimum atomic E-state index is -0.187. The van der Waals surface area contributed by atoms with Crippen molar-refractivity contribution >= 4 is 38.8 Å². The number of hydrogen-bond donors (Lipinski definition) is 0. The van der Waals surface area contributed by atoms with Crippen LogP contribution in [0.3, 0.4) is 0 Å². The van der Waals surface area contributed by atoms with Gasteiger partial charge in [0.05, 0.1) is 12.2 Å². The Morgan fingerprint density at radius 3 is 2.87 bits per heavy atom. The molecule has 0 saturated carbocycles. The van der Waals surface area contributed by atoms with E-state index in [4.69, 9.17) is 4.74 Å². The van der Waals surface area contributed by atoms with E-state index in [1.807, 2.05) is 25.1 Å². The average molecular weight is 334 g/mol. The molecule has 15 heavy (non-hydrogen) atoms. The largest absolute Gasteiger partial charge is 0.462 e. The predicted octanol–water partition coefficient (Wildman–Crippen LogP) is 1.93. The number of hydrogen-bond acceptors (Lipinski definition) is 2. The summed E-state index contributed by atoms with van der Waals surface area (Å²) in [6, 6.07) is 6.99. The molecule has 0 bridgehead atoms. The van der Waals surface area contributed by atoms with E-state index in [0.717, 1.165) is 15.6 Å². The standard InChI is InChI=1S/C11H15IO2Si/c1-8-4-2-5-9(12)10(8)11(13)14-6-3-7-15/h2,4-5H,3,6-7H2,1,15H3. The summed E-state index contributed by atoms with van der Waals surface area (Å²) < 4.78 is 6.17. The highest BCUT2D eigenvalue weighted by Gasteiger charge is 2.13. The molecule has 4 heteroatoms. The van der Waals surface area contributed by atoms with E-state index in [-0.39, 0.29) is 5.97 Å². The minimum Gasteiger partial charge on any atom is -0.462 e. The lowest BCUT2D eigenvalue weighted by Crippen LogP contribution is -2.10. The van der Waals surface area contributed by atoms with Gasteiger partial charge in [-0.05, 0) is 47.6 Å². The molecule has 0 aromatic heterocycles. The van der Waals surface area contributed by atoms with E-state index in [2.05, 4.69) is 22.6 Å². The smallest absolute Gasteiger partial charge is 0.339 e. The first-order valence-electron chi connectivity index (χ1n) is 5.09. The van der Waals surface area contributed by atoms with Crippen LogP contribution in [-0.4, -0.2) is 22.8 Å². The summed E-state index contributed by atoms with van der Waals surface area (Å²) >= 11 is 2.17. The molecule has 0 aliphatic rings. The molecule has 0 heterocycles. The summed E-state index contributed by atoms with van der Waals surface area (Å²) in [6.45, 7) is 2.48. The fourth-order valence-corrected chi connectivity index (χ4v) is 2.41. The first-order chi connectivity index (χ1) is 7.16. The van der Waals surface area contributed by atoms with Crippen LogP contribution in [0.2, 0.25) is 6.04 Å². The molecular formula is C11H15IO2Si. The lowest BCUT2D eigenvalue weighted by Gasteiger charge is -2.08. The fourth-order valence-electron chi connectivity index (χ4n) is 1.27. The van der Waals surface area contributed by atoms with Crippen molar-refractivity contribution in [3.63, 3.8) is 0 Å². The van der Waals surface area contributed by atoms with Crippen LogP contribution in [0.4, 0.5) is 0 Å². The van der Waals surface area contributed by atoms with Gasteiger partial charge in [-0.25, -0.2) is 4.79 Å². The summed E-state index contributed by atoms with van der Waals surface area (Å²) in [4.78, 5) is 11.7. The zero-order valence-electron chi connectivity index (χ0n) is 9.05. The second-order valence-corrected chi connectivity index (χ2v) is 5.58. The lowest BCUT2D eigenvalue weighted by molar-refractivity contribution is 0.0503. The van der Waals surface area contributed by atoms with Crippen molar-refractivity contribution in [2.45, 2.75) is 19.4 Å². The van der Waals surface area contributed by atoms with Gasteiger partial charge in [0.2, 0.25) is 0 Å². The van der Waals surface area contributed by atoms with Crippen molar-refractivity contribution < 1.29 is 9.53 Å². The maximum absolute atomic E-state index is 11.7. The molecule has 82 valence electrons. The molecule has 0 unspecified atom stereocenters. The van der Waals surface area contributed by atoms with Crippen molar-refractivity contribution in [3.8, 4) is 0 Å². The molecule has 0 aliphatic heterocycles. The van der Waals surface area contributed by atoms with E-state index < -0.39 is 0 Å². The van der Waals surface area contributed by atoms with Gasteiger partial charge in [-0.2, -0.15) is 0 Å². The third-order valence-electron chi connectivity index (χ3n) is 2.16. The lowest BCUT2D eigenvalue weighted by atomic mass is 10.1. The van der Waals surface area contributed by atoms with Crippen LogP contribution in [0.5, 0.6) is 0 Å². The van der Waals surface area contributed by atoms with E-state index in [9.17, 15) is 4.79 Å². The molecule has 0 radical (unpaired) electrons. The van der Waals surface area contributed by atoms with E-state index in [0.29, 0.717) is 12.2 Å². The molecule has 1 aromatic rings. The topological polar surface area (TPSA) is 26.3 Å². The maximum atomic E-state index is 11.7. The zero-order chi connectivity index (χ0) is 11.3. The Hall–Kier alpha value is -0.363. The molecule has 0 N–H and O–H groups in total. The third kappa shape index (κ3) is 3.60. The van der Waals surface area contributed by atoms with Gasteiger partial charge in [-0.3, -0.25) is 0 Å². The highest BCUT2D eigenvalue weighted by Crippen LogP contribution is 2.17. The molecule has 0 saturated heterocycles. The summed E-state index contributed by atoms with van der Waals surface area (Å²) in [5.74, 6) is -0.187. The highest BCUT2D eigenvalue weighted by molar-refractivity contribution is 14.1. The summed E-state index contributed by atoms with van der Waals surface area (Å²) in [5.41, 5.74) is 1.70. The highest BCUT2D eigenvalue weighted by atomic mass is 127. The SMILES string of the molecule is Cc1cccc(I)c1C(=O)OCCC[SiH3]. The normalized spacial score (nSPS) is 10.3. The summed E-state index contributed by atoms with van der Waals surface area (Å²) in [6.07, 6.45) is 0.987. The Morgan fingerprint density at radius 2 is 2.27 bits per heavy atom. The molecule has 1 rings (SSSR count). The van der Waals surface area contributed by atoms with Gasteiger partial charge in [0.25, 0.3) is 0 Å². The van der Waals surface area contributed by atoms with Gasteiger partial charge in [0.1, 0.15) is 0 Å². The van der Waals surface area contributed by atoms with E-state index >= 15 is 0 Å². The second-order valence-electron chi connectivity index (χ2n) is 3.42. The van der Waals surface area contributed by atoms with Crippen LogP contribution in [-0.2, 0) is 4.74 Å². The first-order valence-corrected chi connectivity index (χ1v) is 7.58. The Bertz CT molecular complexity index is 332. The van der Waals surface area contributed by atoms with Gasteiger partial charge >= 0.3 is 5.97 Å². The number of aryl methyl sites for hydroxylation is 1. The van der Waals surface area contributed by atoms with Crippen LogP contribution in [0, 0.1) is 10.5 Å². The third-order valence-corrected chi connectivity index (χ3v) is 3.76.